The van der Waals surface area contributed by atoms with Crippen LogP contribution in [0.2, 0.25) is 0 Å². The van der Waals surface area contributed by atoms with Crippen LogP contribution in [0.1, 0.15) is 43.5 Å². The second kappa shape index (κ2) is 7.07. The molecule has 0 amide bonds. The highest BCUT2D eigenvalue weighted by atomic mass is 16.3. The molecule has 1 aromatic rings. The van der Waals surface area contributed by atoms with E-state index in [1.165, 1.54) is 0 Å². The van der Waals surface area contributed by atoms with Crippen molar-refractivity contribution in [1.29, 1.82) is 0 Å². The zero-order valence-electron chi connectivity index (χ0n) is 10.9. The van der Waals surface area contributed by atoms with Gasteiger partial charge in [0.05, 0.1) is 0 Å². The molecule has 0 radical (unpaired) electrons. The Kier molecular flexibility index (Phi) is 5.72. The molecule has 1 N–H and O–H groups in total. The number of rotatable bonds is 7. The fourth-order valence-electron chi connectivity index (χ4n) is 1.71. The highest BCUT2D eigenvalue weighted by molar-refractivity contribution is 5.96. The topological polar surface area (TPSA) is 54.4 Å². The van der Waals surface area contributed by atoms with E-state index in [2.05, 4.69) is 0 Å². The van der Waals surface area contributed by atoms with Gasteiger partial charge in [0.2, 0.25) is 0 Å². The molecule has 0 bridgehead atoms. The Balaban J connectivity index is 2.35. The Bertz CT molecular complexity index is 395. The maximum atomic E-state index is 11.8. The lowest BCUT2D eigenvalue weighted by Gasteiger charge is -2.12. The summed E-state index contributed by atoms with van der Waals surface area (Å²) in [6.07, 6.45) is 0.200. The van der Waals surface area contributed by atoms with E-state index in [0.717, 1.165) is 0 Å². The third-order valence-electron chi connectivity index (χ3n) is 2.88. The van der Waals surface area contributed by atoms with E-state index < -0.39 is 6.10 Å². The van der Waals surface area contributed by atoms with Crippen LogP contribution in [0.3, 0.4) is 0 Å². The van der Waals surface area contributed by atoms with Gasteiger partial charge in [-0.25, -0.2) is 0 Å². The molecule has 0 aliphatic heterocycles. The third-order valence-corrected chi connectivity index (χ3v) is 2.88. The average Bonchev–Trinajstić information content (AvgIpc) is 2.38. The smallest absolute Gasteiger partial charge is 0.162 e. The number of aliphatic hydroxyl groups is 1. The number of hydrogen-bond acceptors (Lipinski definition) is 3. The van der Waals surface area contributed by atoms with Gasteiger partial charge in [-0.05, 0) is 12.3 Å². The van der Waals surface area contributed by atoms with Crippen LogP contribution >= 0.6 is 0 Å². The first-order chi connectivity index (χ1) is 8.52. The predicted octanol–water partition coefficient (Wildman–Crippen LogP) is 2.63. The fraction of sp³-hybridized carbons (Fsp3) is 0.467. The minimum absolute atomic E-state index is 0.0439. The zero-order chi connectivity index (χ0) is 13.5. The van der Waals surface area contributed by atoms with Crippen molar-refractivity contribution in [2.75, 3.05) is 0 Å². The largest absolute Gasteiger partial charge is 0.385 e. The minimum atomic E-state index is -0.906. The molecule has 0 aliphatic carbocycles. The molecular weight excluding hydrogens is 228 g/mol. The molecule has 0 aliphatic rings. The highest BCUT2D eigenvalue weighted by Crippen LogP contribution is 2.10. The van der Waals surface area contributed by atoms with Crippen LogP contribution in [0.5, 0.6) is 0 Å². The lowest BCUT2D eigenvalue weighted by molar-refractivity contribution is -0.129. The van der Waals surface area contributed by atoms with E-state index in [-0.39, 0.29) is 23.9 Å². The van der Waals surface area contributed by atoms with Crippen molar-refractivity contribution < 1.29 is 14.7 Å². The normalized spacial score (nSPS) is 12.4. The van der Waals surface area contributed by atoms with E-state index in [1.54, 1.807) is 26.0 Å². The van der Waals surface area contributed by atoms with E-state index in [0.29, 0.717) is 18.4 Å². The van der Waals surface area contributed by atoms with Crippen molar-refractivity contribution in [2.24, 2.45) is 5.92 Å². The Morgan fingerprint density at radius 1 is 1.11 bits per heavy atom. The number of benzene rings is 1. The summed E-state index contributed by atoms with van der Waals surface area (Å²) < 4.78 is 0. The average molecular weight is 248 g/mol. The Morgan fingerprint density at radius 3 is 2.28 bits per heavy atom. The fourth-order valence-corrected chi connectivity index (χ4v) is 1.71. The van der Waals surface area contributed by atoms with Gasteiger partial charge in [0.25, 0.3) is 0 Å². The van der Waals surface area contributed by atoms with Gasteiger partial charge >= 0.3 is 0 Å². The van der Waals surface area contributed by atoms with Crippen LogP contribution in [0.15, 0.2) is 30.3 Å². The summed E-state index contributed by atoms with van der Waals surface area (Å²) in [5, 5.41) is 9.54. The van der Waals surface area contributed by atoms with Crippen LogP contribution in [0.25, 0.3) is 0 Å². The quantitative estimate of drug-likeness (QED) is 0.755. The second-order valence-electron chi connectivity index (χ2n) is 4.80. The second-order valence-corrected chi connectivity index (χ2v) is 4.80. The highest BCUT2D eigenvalue weighted by Gasteiger charge is 2.18. The molecular formula is C15H20O3. The molecule has 3 heteroatoms. The van der Waals surface area contributed by atoms with Gasteiger partial charge in [0.1, 0.15) is 6.10 Å². The number of Topliss-reactive ketones (excluding diaryl/α,β-unsaturated/α-hetero) is 2. The lowest BCUT2D eigenvalue weighted by Crippen LogP contribution is -2.25. The Labute approximate surface area is 108 Å². The summed E-state index contributed by atoms with van der Waals surface area (Å²) in [5.74, 6) is -0.198. The first kappa shape index (κ1) is 14.6. The summed E-state index contributed by atoms with van der Waals surface area (Å²) in [7, 11) is 0. The monoisotopic (exact) mass is 248 g/mol. The Hall–Kier alpha value is -1.48. The van der Waals surface area contributed by atoms with Crippen molar-refractivity contribution in [3.05, 3.63) is 35.9 Å². The number of carbonyl (C=O) groups is 2. The maximum absolute atomic E-state index is 11.8. The first-order valence-electron chi connectivity index (χ1n) is 6.31. The molecule has 1 aromatic carbocycles. The number of carbonyl (C=O) groups excluding carboxylic acids is 2. The van der Waals surface area contributed by atoms with Crippen molar-refractivity contribution in [1.82, 2.24) is 0 Å². The molecule has 1 unspecified atom stereocenters. The standard InChI is InChI=1S/C15H20O3/c1-11(2)15(18)14(17)10-6-9-13(16)12-7-4-3-5-8-12/h3-5,7-8,11,15,18H,6,9-10H2,1-2H3. The van der Waals surface area contributed by atoms with Crippen LogP contribution < -0.4 is 0 Å². The minimum Gasteiger partial charge on any atom is -0.385 e. The molecule has 3 nitrogen and oxygen atoms in total. The summed E-state index contributed by atoms with van der Waals surface area (Å²) in [4.78, 5) is 23.3. The molecule has 98 valence electrons. The number of ketones is 2. The number of hydrogen-bond donors (Lipinski definition) is 1. The van der Waals surface area contributed by atoms with Gasteiger partial charge in [-0.3, -0.25) is 9.59 Å². The van der Waals surface area contributed by atoms with Gasteiger partial charge in [-0.1, -0.05) is 44.2 Å². The zero-order valence-corrected chi connectivity index (χ0v) is 10.9. The maximum Gasteiger partial charge on any atom is 0.162 e. The van der Waals surface area contributed by atoms with Crippen molar-refractivity contribution >= 4 is 11.6 Å². The third kappa shape index (κ3) is 4.41. The van der Waals surface area contributed by atoms with Crippen LogP contribution in [0, 0.1) is 5.92 Å². The van der Waals surface area contributed by atoms with Gasteiger partial charge in [0, 0.05) is 18.4 Å². The van der Waals surface area contributed by atoms with E-state index >= 15 is 0 Å². The first-order valence-corrected chi connectivity index (χ1v) is 6.31. The van der Waals surface area contributed by atoms with Gasteiger partial charge in [0.15, 0.2) is 11.6 Å². The molecule has 1 rings (SSSR count). The molecule has 0 aromatic heterocycles. The molecule has 18 heavy (non-hydrogen) atoms. The van der Waals surface area contributed by atoms with Crippen molar-refractivity contribution in [3.63, 3.8) is 0 Å². The predicted molar refractivity (Wildman–Crippen MR) is 70.5 cm³/mol. The van der Waals surface area contributed by atoms with Gasteiger partial charge in [-0.2, -0.15) is 0 Å². The van der Waals surface area contributed by atoms with Gasteiger partial charge < -0.3 is 5.11 Å². The molecule has 1 atom stereocenters. The summed E-state index contributed by atoms with van der Waals surface area (Å²) in [6.45, 7) is 3.61. The lowest BCUT2D eigenvalue weighted by atomic mass is 9.98. The Morgan fingerprint density at radius 2 is 1.72 bits per heavy atom. The van der Waals surface area contributed by atoms with E-state index in [1.807, 2.05) is 18.2 Å². The van der Waals surface area contributed by atoms with E-state index in [9.17, 15) is 14.7 Å². The molecule has 0 spiro atoms. The van der Waals surface area contributed by atoms with E-state index in [4.69, 9.17) is 0 Å². The molecule has 0 fully saturated rings. The molecule has 0 heterocycles. The van der Waals surface area contributed by atoms with Crippen molar-refractivity contribution in [2.45, 2.75) is 39.2 Å². The van der Waals surface area contributed by atoms with Gasteiger partial charge in [-0.15, -0.1) is 0 Å². The summed E-state index contributed by atoms with van der Waals surface area (Å²) in [6, 6.07) is 9.04. The van der Waals surface area contributed by atoms with Crippen LogP contribution in [-0.2, 0) is 4.79 Å². The molecule has 0 saturated carbocycles. The number of aliphatic hydroxyl groups excluding tert-OH is 1. The molecule has 0 saturated heterocycles. The SMILES string of the molecule is CC(C)C(O)C(=O)CCCC(=O)c1ccccc1. The van der Waals surface area contributed by atoms with Crippen LogP contribution in [0.4, 0.5) is 0 Å². The van der Waals surface area contributed by atoms with Crippen LogP contribution in [-0.4, -0.2) is 22.8 Å². The van der Waals surface area contributed by atoms with Crippen molar-refractivity contribution in [3.8, 4) is 0 Å². The summed E-state index contributed by atoms with van der Waals surface area (Å²) in [5.41, 5.74) is 0.675. The summed E-state index contributed by atoms with van der Waals surface area (Å²) >= 11 is 0.